The molecule has 0 saturated carbocycles. The van der Waals surface area contributed by atoms with Crippen molar-refractivity contribution in [1.29, 1.82) is 0 Å². The normalized spacial score (nSPS) is 10.2. The molecule has 0 aliphatic carbocycles. The SMILES string of the molecule is CN(CCO)c1ccc(NC(=O)c2ccc(Cl)nc2)cc1. The minimum absolute atomic E-state index is 0.0958. The summed E-state index contributed by atoms with van der Waals surface area (Å²) >= 11 is 5.68. The standard InChI is InChI=1S/C15H16ClN3O2/c1-19(8-9-20)13-5-3-12(4-6-13)18-15(21)11-2-7-14(16)17-10-11/h2-7,10,20H,8-9H2,1H3,(H,18,21). The molecule has 0 bridgehead atoms. The number of aromatic nitrogens is 1. The minimum Gasteiger partial charge on any atom is -0.395 e. The number of nitrogens with one attached hydrogen (secondary N) is 1. The van der Waals surface area contributed by atoms with Gasteiger partial charge in [0.2, 0.25) is 0 Å². The van der Waals surface area contributed by atoms with E-state index >= 15 is 0 Å². The Morgan fingerprint density at radius 3 is 2.57 bits per heavy atom. The van der Waals surface area contributed by atoms with Crippen LogP contribution in [0.4, 0.5) is 11.4 Å². The maximum absolute atomic E-state index is 12.0. The Labute approximate surface area is 128 Å². The van der Waals surface area contributed by atoms with E-state index in [1.807, 2.05) is 36.2 Å². The summed E-state index contributed by atoms with van der Waals surface area (Å²) in [5.41, 5.74) is 2.10. The van der Waals surface area contributed by atoms with Crippen LogP contribution < -0.4 is 10.2 Å². The fraction of sp³-hybridized carbons (Fsp3) is 0.200. The van der Waals surface area contributed by atoms with Gasteiger partial charge in [-0.3, -0.25) is 4.79 Å². The zero-order valence-electron chi connectivity index (χ0n) is 11.6. The number of benzene rings is 1. The maximum atomic E-state index is 12.0. The van der Waals surface area contributed by atoms with Crippen LogP contribution in [0.25, 0.3) is 0 Å². The van der Waals surface area contributed by atoms with Crippen LogP contribution >= 0.6 is 11.6 Å². The molecule has 1 heterocycles. The first-order valence-corrected chi connectivity index (χ1v) is 6.83. The lowest BCUT2D eigenvalue weighted by Crippen LogP contribution is -2.21. The van der Waals surface area contributed by atoms with E-state index in [1.54, 1.807) is 12.1 Å². The monoisotopic (exact) mass is 305 g/mol. The number of amides is 1. The summed E-state index contributed by atoms with van der Waals surface area (Å²) in [6, 6.07) is 10.6. The second-order valence-corrected chi connectivity index (χ2v) is 4.90. The Balaban J connectivity index is 2.03. The van der Waals surface area contributed by atoms with Gasteiger partial charge in [-0.1, -0.05) is 11.6 Å². The number of anilines is 2. The molecular formula is C15H16ClN3O2. The van der Waals surface area contributed by atoms with Gasteiger partial charge in [-0.25, -0.2) is 4.98 Å². The lowest BCUT2D eigenvalue weighted by atomic mass is 10.2. The predicted molar refractivity (Wildman–Crippen MR) is 84.0 cm³/mol. The molecule has 2 N–H and O–H groups in total. The van der Waals surface area contributed by atoms with E-state index < -0.39 is 0 Å². The van der Waals surface area contributed by atoms with Crippen molar-refractivity contribution in [1.82, 2.24) is 4.98 Å². The number of likely N-dealkylation sites (N-methyl/N-ethyl adjacent to an activating group) is 1. The fourth-order valence-electron chi connectivity index (χ4n) is 1.79. The number of halogens is 1. The molecule has 2 aromatic rings. The van der Waals surface area contributed by atoms with Gasteiger partial charge in [-0.05, 0) is 36.4 Å². The van der Waals surface area contributed by atoms with Crippen LogP contribution in [0.2, 0.25) is 5.15 Å². The van der Waals surface area contributed by atoms with Crippen LogP contribution in [0.3, 0.4) is 0 Å². The zero-order chi connectivity index (χ0) is 15.2. The highest BCUT2D eigenvalue weighted by Gasteiger charge is 2.07. The summed E-state index contributed by atoms with van der Waals surface area (Å²) in [7, 11) is 1.89. The molecule has 0 aliphatic heterocycles. The number of aliphatic hydroxyl groups excluding tert-OH is 1. The quantitative estimate of drug-likeness (QED) is 0.833. The summed E-state index contributed by atoms with van der Waals surface area (Å²) in [5.74, 6) is -0.240. The van der Waals surface area contributed by atoms with Crippen molar-refractivity contribution in [3.63, 3.8) is 0 Å². The molecule has 0 atom stereocenters. The summed E-state index contributed by atoms with van der Waals surface area (Å²) < 4.78 is 0. The summed E-state index contributed by atoms with van der Waals surface area (Å²) in [6.07, 6.45) is 1.43. The van der Waals surface area contributed by atoms with Crippen LogP contribution in [0.1, 0.15) is 10.4 Å². The molecular weight excluding hydrogens is 290 g/mol. The molecule has 1 aromatic heterocycles. The molecule has 0 aliphatic rings. The third kappa shape index (κ3) is 4.18. The Hall–Kier alpha value is -2.11. The molecule has 0 fully saturated rings. The van der Waals surface area contributed by atoms with Crippen molar-refractivity contribution in [3.05, 3.63) is 53.3 Å². The summed E-state index contributed by atoms with van der Waals surface area (Å²) in [5, 5.41) is 12.0. The van der Waals surface area contributed by atoms with E-state index in [9.17, 15) is 4.79 Å². The fourth-order valence-corrected chi connectivity index (χ4v) is 1.90. The Bertz CT molecular complexity index is 599. The van der Waals surface area contributed by atoms with Crippen molar-refractivity contribution in [3.8, 4) is 0 Å². The van der Waals surface area contributed by atoms with E-state index in [4.69, 9.17) is 16.7 Å². The van der Waals surface area contributed by atoms with Crippen molar-refractivity contribution < 1.29 is 9.90 Å². The first-order valence-electron chi connectivity index (χ1n) is 6.45. The van der Waals surface area contributed by atoms with E-state index in [2.05, 4.69) is 10.3 Å². The first-order chi connectivity index (χ1) is 10.1. The van der Waals surface area contributed by atoms with Crippen LogP contribution in [0.15, 0.2) is 42.6 Å². The number of carbonyl (C=O) groups excluding carboxylic acids is 1. The third-order valence-electron chi connectivity index (χ3n) is 2.99. The Morgan fingerprint density at radius 2 is 2.00 bits per heavy atom. The topological polar surface area (TPSA) is 65.5 Å². The zero-order valence-corrected chi connectivity index (χ0v) is 12.3. The first kappa shape index (κ1) is 15.3. The highest BCUT2D eigenvalue weighted by molar-refractivity contribution is 6.29. The molecule has 0 spiro atoms. The molecule has 0 radical (unpaired) electrons. The second-order valence-electron chi connectivity index (χ2n) is 4.52. The smallest absolute Gasteiger partial charge is 0.257 e. The largest absolute Gasteiger partial charge is 0.395 e. The molecule has 110 valence electrons. The lowest BCUT2D eigenvalue weighted by Gasteiger charge is -2.18. The van der Waals surface area contributed by atoms with Gasteiger partial charge in [-0.15, -0.1) is 0 Å². The van der Waals surface area contributed by atoms with Gasteiger partial charge >= 0.3 is 0 Å². The van der Waals surface area contributed by atoms with Crippen molar-refractivity contribution >= 4 is 28.9 Å². The summed E-state index contributed by atoms with van der Waals surface area (Å²) in [6.45, 7) is 0.653. The van der Waals surface area contributed by atoms with Crippen LogP contribution in [0.5, 0.6) is 0 Å². The van der Waals surface area contributed by atoms with Gasteiger partial charge in [-0.2, -0.15) is 0 Å². The number of rotatable bonds is 5. The molecule has 1 amide bonds. The Morgan fingerprint density at radius 1 is 1.29 bits per heavy atom. The van der Waals surface area contributed by atoms with Gasteiger partial charge in [0, 0.05) is 31.2 Å². The molecule has 5 nitrogen and oxygen atoms in total. The van der Waals surface area contributed by atoms with Gasteiger partial charge in [0.15, 0.2) is 0 Å². The van der Waals surface area contributed by atoms with Gasteiger partial charge in [0.05, 0.1) is 12.2 Å². The molecule has 6 heteroatoms. The van der Waals surface area contributed by atoms with Crippen molar-refractivity contribution in [2.45, 2.75) is 0 Å². The molecule has 0 saturated heterocycles. The third-order valence-corrected chi connectivity index (χ3v) is 3.21. The number of hydrogen-bond acceptors (Lipinski definition) is 4. The number of pyridine rings is 1. The molecule has 2 rings (SSSR count). The maximum Gasteiger partial charge on any atom is 0.257 e. The average Bonchev–Trinajstić information content (AvgIpc) is 2.49. The minimum atomic E-state index is -0.240. The predicted octanol–water partition coefficient (Wildman–Crippen LogP) is 2.42. The Kier molecular flexibility index (Phi) is 5.14. The average molecular weight is 306 g/mol. The number of hydrogen-bond donors (Lipinski definition) is 2. The van der Waals surface area contributed by atoms with Gasteiger partial charge in [0.1, 0.15) is 5.15 Å². The molecule has 21 heavy (non-hydrogen) atoms. The number of aliphatic hydroxyl groups is 1. The highest BCUT2D eigenvalue weighted by atomic mass is 35.5. The van der Waals surface area contributed by atoms with Gasteiger partial charge in [0.25, 0.3) is 5.91 Å². The van der Waals surface area contributed by atoms with Crippen LogP contribution in [-0.4, -0.2) is 36.2 Å². The van der Waals surface area contributed by atoms with E-state index in [1.165, 1.54) is 6.20 Å². The van der Waals surface area contributed by atoms with E-state index in [0.29, 0.717) is 22.9 Å². The van der Waals surface area contributed by atoms with Crippen LogP contribution in [-0.2, 0) is 0 Å². The molecule has 1 aromatic carbocycles. The van der Waals surface area contributed by atoms with Crippen molar-refractivity contribution in [2.75, 3.05) is 30.4 Å². The number of nitrogens with zero attached hydrogens (tertiary/aromatic N) is 2. The van der Waals surface area contributed by atoms with E-state index in [-0.39, 0.29) is 12.5 Å². The van der Waals surface area contributed by atoms with E-state index in [0.717, 1.165) is 5.69 Å². The van der Waals surface area contributed by atoms with Crippen LogP contribution in [0, 0.1) is 0 Å². The lowest BCUT2D eigenvalue weighted by molar-refractivity contribution is 0.102. The summed E-state index contributed by atoms with van der Waals surface area (Å²) in [4.78, 5) is 17.8. The number of carbonyl (C=O) groups is 1. The second kappa shape index (κ2) is 7.06. The molecule has 0 unspecified atom stereocenters. The highest BCUT2D eigenvalue weighted by Crippen LogP contribution is 2.17. The van der Waals surface area contributed by atoms with Crippen molar-refractivity contribution in [2.24, 2.45) is 0 Å². The van der Waals surface area contributed by atoms with Gasteiger partial charge < -0.3 is 15.3 Å².